The molecule has 11 rings (SSSR count). The van der Waals surface area contributed by atoms with Crippen LogP contribution in [-0.2, 0) is 36.5 Å². The van der Waals surface area contributed by atoms with Crippen LogP contribution in [0.5, 0.6) is 11.5 Å². The summed E-state index contributed by atoms with van der Waals surface area (Å²) in [6.45, 7) is 10.9. The molecule has 7 aromatic carbocycles. The van der Waals surface area contributed by atoms with Crippen molar-refractivity contribution in [2.45, 2.75) is 72.3 Å². The van der Waals surface area contributed by atoms with Crippen molar-refractivity contribution in [3.63, 3.8) is 0 Å². The Balaban J connectivity index is 1.18. The number of aliphatic carboxylic acids is 1. The molecule has 4 heterocycles. The minimum atomic E-state index is -1.59. The predicted octanol–water partition coefficient (Wildman–Crippen LogP) is 16.7. The summed E-state index contributed by atoms with van der Waals surface area (Å²) in [5.74, 6) is -1.24. The fraction of sp³-hybridized carbons (Fsp3) is 0.182. The number of carbonyl (C=O) groups is 2. The maximum absolute atomic E-state index is 16.0. The number of halogens is 3. The van der Waals surface area contributed by atoms with Crippen LogP contribution >= 0.6 is 34.8 Å². The Bertz CT molecular complexity index is 4080. The highest BCUT2D eigenvalue weighted by Crippen LogP contribution is 2.52. The summed E-state index contributed by atoms with van der Waals surface area (Å²) in [6, 6.07) is 57.8. The third-order valence-corrected chi connectivity index (χ3v) is 15.4. The molecular weight excluding hydrogens is 1040 g/mol. The van der Waals surface area contributed by atoms with Gasteiger partial charge in [-0.3, -0.25) is 9.59 Å². The number of ketones is 1. The molecule has 12 heteroatoms. The first-order valence-corrected chi connectivity index (χ1v) is 26.9. The van der Waals surface area contributed by atoms with Crippen LogP contribution in [-0.4, -0.2) is 36.0 Å². The second-order valence-electron chi connectivity index (χ2n) is 21.4. The smallest absolute Gasteiger partial charge is 0.310 e. The highest BCUT2D eigenvalue weighted by atomic mass is 35.5. The van der Waals surface area contributed by atoms with E-state index in [1.165, 1.54) is 0 Å². The van der Waals surface area contributed by atoms with Gasteiger partial charge in [0, 0.05) is 77.7 Å². The molecule has 78 heavy (non-hydrogen) atoms. The van der Waals surface area contributed by atoms with Crippen LogP contribution < -0.4 is 9.47 Å². The molecule has 0 spiro atoms. The standard InChI is InChI=1S/C66H55Cl3N4O5/c1-65(2,3)59-53-35-51(78-39-49-29-21-43-11-7-9-13-55(43)71-49)31-33-57(53)73(37-41-16-24-46(68)25-17-41)62(59)60(66(4,5)64(75)76)61-58(63(74)44-18-26-47(69)27-19-44)52-34-50(77-38-48-28-20-42-10-6-8-12-54(42)70-48)30-32-56(52)72(61)36-40-14-22-45(67)23-15-40/h6-35,60H,36-39H2,1-5H3,(H,75,76). The Morgan fingerprint density at radius 3 is 1.47 bits per heavy atom. The van der Waals surface area contributed by atoms with Gasteiger partial charge >= 0.3 is 5.97 Å². The van der Waals surface area contributed by atoms with Gasteiger partial charge in [-0.1, -0.05) is 128 Å². The quantitative estimate of drug-likeness (QED) is 0.0960. The van der Waals surface area contributed by atoms with E-state index < -0.39 is 22.7 Å². The van der Waals surface area contributed by atoms with E-state index in [0.717, 1.165) is 66.5 Å². The summed E-state index contributed by atoms with van der Waals surface area (Å²) in [7, 11) is 0. The fourth-order valence-electron chi connectivity index (χ4n) is 10.8. The number of pyridine rings is 2. The number of hydrogen-bond acceptors (Lipinski definition) is 6. The number of benzene rings is 7. The lowest BCUT2D eigenvalue weighted by Gasteiger charge is -2.36. The van der Waals surface area contributed by atoms with E-state index in [0.29, 0.717) is 60.8 Å². The molecule has 9 nitrogen and oxygen atoms in total. The minimum absolute atomic E-state index is 0.161. The van der Waals surface area contributed by atoms with Crippen LogP contribution in [0.15, 0.2) is 182 Å². The molecular formula is C66H55Cl3N4O5. The van der Waals surface area contributed by atoms with E-state index >= 15 is 4.79 Å². The Hall–Kier alpha value is -7.95. The number of carbonyl (C=O) groups excluding carboxylic acids is 1. The molecule has 0 fully saturated rings. The number of hydrogen-bond donors (Lipinski definition) is 1. The van der Waals surface area contributed by atoms with Crippen molar-refractivity contribution >= 4 is 90.2 Å². The molecule has 0 radical (unpaired) electrons. The third-order valence-electron chi connectivity index (χ3n) is 14.6. The van der Waals surface area contributed by atoms with Gasteiger partial charge in [-0.25, -0.2) is 9.97 Å². The lowest BCUT2D eigenvalue weighted by Crippen LogP contribution is -2.37. The lowest BCUT2D eigenvalue weighted by molar-refractivity contribution is -0.147. The van der Waals surface area contributed by atoms with Crippen LogP contribution in [0.2, 0.25) is 15.1 Å². The van der Waals surface area contributed by atoms with Crippen LogP contribution in [0.25, 0.3) is 43.6 Å². The number of rotatable bonds is 16. The van der Waals surface area contributed by atoms with Crippen LogP contribution in [0.1, 0.15) is 95.9 Å². The summed E-state index contributed by atoms with van der Waals surface area (Å²) in [5.41, 5.74) is 7.30. The zero-order chi connectivity index (χ0) is 54.5. The van der Waals surface area contributed by atoms with Crippen LogP contribution in [0, 0.1) is 5.41 Å². The number of carboxylic acid groups (broad SMARTS) is 1. The molecule has 1 unspecified atom stereocenters. The molecule has 0 aliphatic heterocycles. The molecule has 0 saturated carbocycles. The molecule has 0 saturated heterocycles. The molecule has 1 atom stereocenters. The van der Waals surface area contributed by atoms with Crippen molar-refractivity contribution in [1.29, 1.82) is 0 Å². The molecule has 0 aliphatic carbocycles. The van der Waals surface area contributed by atoms with Crippen molar-refractivity contribution in [1.82, 2.24) is 19.1 Å². The summed E-state index contributed by atoms with van der Waals surface area (Å²) < 4.78 is 17.5. The van der Waals surface area contributed by atoms with E-state index in [1.54, 1.807) is 38.1 Å². The van der Waals surface area contributed by atoms with Gasteiger partial charge in [0.1, 0.15) is 24.7 Å². The first kappa shape index (κ1) is 52.1. The lowest BCUT2D eigenvalue weighted by atomic mass is 9.70. The Kier molecular flexibility index (Phi) is 14.1. The highest BCUT2D eigenvalue weighted by Gasteiger charge is 2.48. The summed E-state index contributed by atoms with van der Waals surface area (Å²) in [5, 5.41) is 17.0. The number of ether oxygens (including phenoxy) is 2. The number of fused-ring (bicyclic) bond motifs is 4. The number of carboxylic acids is 1. The molecule has 1 N–H and O–H groups in total. The first-order chi connectivity index (χ1) is 37.5. The van der Waals surface area contributed by atoms with Crippen molar-refractivity contribution in [2.75, 3.05) is 0 Å². The molecule has 0 amide bonds. The average Bonchev–Trinajstić information content (AvgIpc) is 4.13. The number of para-hydroxylation sites is 2. The summed E-state index contributed by atoms with van der Waals surface area (Å²) >= 11 is 19.5. The highest BCUT2D eigenvalue weighted by molar-refractivity contribution is 6.31. The number of nitrogens with zero attached hydrogens (tertiary/aromatic N) is 4. The van der Waals surface area contributed by atoms with Gasteiger partial charge in [0.25, 0.3) is 0 Å². The van der Waals surface area contributed by atoms with E-state index in [-0.39, 0.29) is 25.5 Å². The van der Waals surface area contributed by atoms with Crippen LogP contribution in [0.4, 0.5) is 0 Å². The molecule has 0 bridgehead atoms. The van der Waals surface area contributed by atoms with Crippen molar-refractivity contribution in [3.05, 3.63) is 248 Å². The maximum atomic E-state index is 16.0. The van der Waals surface area contributed by atoms with Gasteiger partial charge in [-0.05, 0) is 145 Å². The van der Waals surface area contributed by atoms with E-state index in [1.807, 2.05) is 146 Å². The van der Waals surface area contributed by atoms with Crippen molar-refractivity contribution in [3.8, 4) is 11.5 Å². The van der Waals surface area contributed by atoms with E-state index in [2.05, 4.69) is 42.0 Å². The molecule has 11 aromatic rings. The van der Waals surface area contributed by atoms with Crippen LogP contribution in [0.3, 0.4) is 0 Å². The SMILES string of the molecule is CC(C)(C)c1c(C(c2c(C(=O)c3ccc(Cl)cc3)c3cc(OCc4ccc5ccccc5n4)ccc3n2Cc2ccc(Cl)cc2)C(C)(C)C(=O)O)n(Cc2ccc(Cl)cc2)c2ccc(OCc3ccc4ccccc4n3)cc12. The van der Waals surface area contributed by atoms with Gasteiger partial charge in [0.2, 0.25) is 0 Å². The Morgan fingerprint density at radius 1 is 0.538 bits per heavy atom. The maximum Gasteiger partial charge on any atom is 0.310 e. The van der Waals surface area contributed by atoms with E-state index in [4.69, 9.17) is 54.2 Å². The van der Waals surface area contributed by atoms with Gasteiger partial charge in [-0.2, -0.15) is 0 Å². The zero-order valence-corrected chi connectivity index (χ0v) is 46.0. The fourth-order valence-corrected chi connectivity index (χ4v) is 11.2. The largest absolute Gasteiger partial charge is 0.487 e. The summed E-state index contributed by atoms with van der Waals surface area (Å²) in [4.78, 5) is 40.3. The normalized spacial score (nSPS) is 12.4. The third kappa shape index (κ3) is 10.3. The van der Waals surface area contributed by atoms with Gasteiger partial charge in [0.15, 0.2) is 5.78 Å². The first-order valence-electron chi connectivity index (χ1n) is 25.8. The topological polar surface area (TPSA) is 108 Å². The predicted molar refractivity (Wildman–Crippen MR) is 314 cm³/mol. The van der Waals surface area contributed by atoms with Gasteiger partial charge < -0.3 is 23.7 Å². The van der Waals surface area contributed by atoms with E-state index in [9.17, 15) is 9.90 Å². The second kappa shape index (κ2) is 21.1. The summed E-state index contributed by atoms with van der Waals surface area (Å²) in [6.07, 6.45) is 0. The van der Waals surface area contributed by atoms with Crippen molar-refractivity contribution < 1.29 is 24.2 Å². The minimum Gasteiger partial charge on any atom is -0.487 e. The van der Waals surface area contributed by atoms with Gasteiger partial charge in [-0.15, -0.1) is 0 Å². The number of aromatic nitrogens is 4. The van der Waals surface area contributed by atoms with Gasteiger partial charge in [0.05, 0.1) is 39.3 Å². The average molecular weight is 1090 g/mol. The molecule has 0 aliphatic rings. The Labute approximate surface area is 467 Å². The Morgan fingerprint density at radius 2 is 0.987 bits per heavy atom. The molecule has 390 valence electrons. The zero-order valence-electron chi connectivity index (χ0n) is 43.7. The van der Waals surface area contributed by atoms with Crippen molar-refractivity contribution in [2.24, 2.45) is 5.41 Å². The monoisotopic (exact) mass is 1090 g/mol. The second-order valence-corrected chi connectivity index (χ2v) is 22.7. The molecule has 4 aromatic heterocycles.